The van der Waals surface area contributed by atoms with E-state index in [2.05, 4.69) is 14.7 Å². The first kappa shape index (κ1) is 15.3. The van der Waals surface area contributed by atoms with Gasteiger partial charge >= 0.3 is 0 Å². The highest BCUT2D eigenvalue weighted by molar-refractivity contribution is 7.89. The van der Waals surface area contributed by atoms with Gasteiger partial charge in [-0.2, -0.15) is 5.10 Å². The number of nitrogen functional groups attached to an aromatic ring is 1. The first-order valence-electron chi connectivity index (χ1n) is 7.08. The van der Waals surface area contributed by atoms with Gasteiger partial charge in [0.1, 0.15) is 4.90 Å². The van der Waals surface area contributed by atoms with Crippen LogP contribution < -0.4 is 10.5 Å². The molecule has 0 aromatic carbocycles. The highest BCUT2D eigenvalue weighted by Gasteiger charge is 2.21. The summed E-state index contributed by atoms with van der Waals surface area (Å²) in [4.78, 5) is 2.35. The molecule has 1 aliphatic rings. The molecule has 0 atom stereocenters. The maximum absolute atomic E-state index is 12.2. The Morgan fingerprint density at radius 3 is 2.65 bits per heavy atom. The van der Waals surface area contributed by atoms with E-state index >= 15 is 0 Å². The third kappa shape index (κ3) is 3.71. The Balaban J connectivity index is 1.91. The number of aryl methyl sites for hydroxylation is 1. The van der Waals surface area contributed by atoms with E-state index in [4.69, 9.17) is 5.73 Å². The second-order valence-corrected chi connectivity index (χ2v) is 6.77. The van der Waals surface area contributed by atoms with E-state index in [1.165, 1.54) is 30.1 Å². The third-order valence-corrected chi connectivity index (χ3v) is 5.01. The molecule has 0 bridgehead atoms. The van der Waals surface area contributed by atoms with Crippen molar-refractivity contribution in [1.82, 2.24) is 19.4 Å². The zero-order valence-corrected chi connectivity index (χ0v) is 12.7. The van der Waals surface area contributed by atoms with Gasteiger partial charge in [-0.25, -0.2) is 13.1 Å². The molecule has 7 nitrogen and oxygen atoms in total. The van der Waals surface area contributed by atoms with Gasteiger partial charge in [0.2, 0.25) is 10.0 Å². The first-order chi connectivity index (χ1) is 9.53. The van der Waals surface area contributed by atoms with E-state index in [0.29, 0.717) is 13.1 Å². The van der Waals surface area contributed by atoms with Crippen molar-refractivity contribution < 1.29 is 8.42 Å². The van der Waals surface area contributed by atoms with Crippen LogP contribution in [-0.2, 0) is 16.6 Å². The lowest BCUT2D eigenvalue weighted by Gasteiger charge is -2.26. The summed E-state index contributed by atoms with van der Waals surface area (Å²) < 4.78 is 28.4. The van der Waals surface area contributed by atoms with E-state index in [1.54, 1.807) is 0 Å². The Hall–Kier alpha value is -1.12. The number of nitrogens with two attached hydrogens (primary N) is 1. The molecule has 0 radical (unpaired) electrons. The fourth-order valence-electron chi connectivity index (χ4n) is 2.39. The van der Waals surface area contributed by atoms with Crippen molar-refractivity contribution in [1.29, 1.82) is 0 Å². The molecule has 3 N–H and O–H groups in total. The highest BCUT2D eigenvalue weighted by Crippen LogP contribution is 2.15. The van der Waals surface area contributed by atoms with Crippen LogP contribution in [0.3, 0.4) is 0 Å². The Labute approximate surface area is 120 Å². The van der Waals surface area contributed by atoms with Crippen LogP contribution in [0.15, 0.2) is 11.1 Å². The molecule has 2 rings (SSSR count). The number of sulfonamides is 1. The smallest absolute Gasteiger partial charge is 0.245 e. The number of nitrogens with zero attached hydrogens (tertiary/aromatic N) is 3. The van der Waals surface area contributed by atoms with Crippen molar-refractivity contribution in [2.24, 2.45) is 0 Å². The molecule has 0 spiro atoms. The fraction of sp³-hybridized carbons (Fsp3) is 0.750. The maximum Gasteiger partial charge on any atom is 0.245 e. The molecular weight excluding hydrogens is 278 g/mol. The average Bonchev–Trinajstić information content (AvgIpc) is 2.82. The van der Waals surface area contributed by atoms with E-state index in [9.17, 15) is 8.42 Å². The number of hydrogen-bond donors (Lipinski definition) is 2. The largest absolute Gasteiger partial charge is 0.381 e. The van der Waals surface area contributed by atoms with E-state index in [1.807, 2.05) is 6.92 Å². The number of rotatable bonds is 6. The quantitative estimate of drug-likeness (QED) is 0.785. The molecule has 1 saturated heterocycles. The average molecular weight is 301 g/mol. The second kappa shape index (κ2) is 6.55. The minimum atomic E-state index is -3.57. The molecule has 0 amide bonds. The Morgan fingerprint density at radius 2 is 2.05 bits per heavy atom. The van der Waals surface area contributed by atoms with Gasteiger partial charge in [0.25, 0.3) is 0 Å². The molecule has 8 heteroatoms. The number of hydrogen-bond acceptors (Lipinski definition) is 5. The lowest BCUT2D eigenvalue weighted by atomic mass is 10.1. The summed E-state index contributed by atoms with van der Waals surface area (Å²) in [6.45, 7) is 5.72. The Bertz CT molecular complexity index is 534. The number of likely N-dealkylation sites (tertiary alicyclic amines) is 1. The zero-order valence-electron chi connectivity index (χ0n) is 11.9. The number of anilines is 1. The van der Waals surface area contributed by atoms with Crippen molar-refractivity contribution in [3.8, 4) is 0 Å². The summed E-state index contributed by atoms with van der Waals surface area (Å²) in [6, 6.07) is 0. The second-order valence-electron chi connectivity index (χ2n) is 5.03. The summed E-state index contributed by atoms with van der Waals surface area (Å²) in [5, 5.41) is 3.96. The molecule has 1 fully saturated rings. The molecule has 20 heavy (non-hydrogen) atoms. The predicted octanol–water partition coefficient (Wildman–Crippen LogP) is 0.249. The van der Waals surface area contributed by atoms with Crippen molar-refractivity contribution in [3.63, 3.8) is 0 Å². The van der Waals surface area contributed by atoms with Crippen LogP contribution in [0.2, 0.25) is 0 Å². The normalized spacial score (nSPS) is 17.4. The van der Waals surface area contributed by atoms with Crippen LogP contribution in [0, 0.1) is 0 Å². The van der Waals surface area contributed by atoms with Crippen LogP contribution in [0.25, 0.3) is 0 Å². The molecule has 1 aliphatic heterocycles. The zero-order chi connectivity index (χ0) is 14.6. The minimum Gasteiger partial charge on any atom is -0.381 e. The van der Waals surface area contributed by atoms with Gasteiger partial charge in [-0.3, -0.25) is 4.68 Å². The van der Waals surface area contributed by atoms with E-state index < -0.39 is 10.0 Å². The van der Waals surface area contributed by atoms with Crippen molar-refractivity contribution in [2.75, 3.05) is 31.9 Å². The highest BCUT2D eigenvalue weighted by atomic mass is 32.2. The molecule has 0 saturated carbocycles. The fourth-order valence-corrected chi connectivity index (χ4v) is 3.48. The molecule has 1 aromatic heterocycles. The number of nitrogens with one attached hydrogen (secondary N) is 1. The van der Waals surface area contributed by atoms with Gasteiger partial charge in [0, 0.05) is 25.8 Å². The van der Waals surface area contributed by atoms with Crippen LogP contribution in [-0.4, -0.2) is 49.3 Å². The standard InChI is InChI=1S/C12H23N5O2S/c1-2-17-10-11(12(13)15-17)20(18,19)14-6-9-16-7-4-3-5-8-16/h10,14H,2-9H2,1H3,(H2,13,15). The molecule has 0 unspecified atom stereocenters. The monoisotopic (exact) mass is 301 g/mol. The van der Waals surface area contributed by atoms with Crippen molar-refractivity contribution in [2.45, 2.75) is 37.6 Å². The van der Waals surface area contributed by atoms with Gasteiger partial charge < -0.3 is 10.6 Å². The van der Waals surface area contributed by atoms with Crippen LogP contribution in [0.5, 0.6) is 0 Å². The van der Waals surface area contributed by atoms with Gasteiger partial charge in [-0.05, 0) is 32.9 Å². The summed E-state index contributed by atoms with van der Waals surface area (Å²) in [7, 11) is -3.57. The molecule has 1 aromatic rings. The lowest BCUT2D eigenvalue weighted by molar-refractivity contribution is 0.233. The summed E-state index contributed by atoms with van der Waals surface area (Å²) in [6.07, 6.45) is 5.14. The van der Waals surface area contributed by atoms with Gasteiger partial charge in [0.05, 0.1) is 0 Å². The first-order valence-corrected chi connectivity index (χ1v) is 8.56. The van der Waals surface area contributed by atoms with E-state index in [-0.39, 0.29) is 10.7 Å². The summed E-state index contributed by atoms with van der Waals surface area (Å²) >= 11 is 0. The van der Waals surface area contributed by atoms with Crippen LogP contribution in [0.1, 0.15) is 26.2 Å². The number of aromatic nitrogens is 2. The van der Waals surface area contributed by atoms with Crippen LogP contribution in [0.4, 0.5) is 5.82 Å². The molecule has 0 aliphatic carbocycles. The SMILES string of the molecule is CCn1cc(S(=O)(=O)NCCN2CCCCC2)c(N)n1. The topological polar surface area (TPSA) is 93.2 Å². The van der Waals surface area contributed by atoms with Gasteiger partial charge in [-0.15, -0.1) is 0 Å². The predicted molar refractivity (Wildman–Crippen MR) is 77.8 cm³/mol. The Kier molecular flexibility index (Phi) is 5.00. The molecule has 114 valence electrons. The molecular formula is C12H23N5O2S. The number of piperidine rings is 1. The van der Waals surface area contributed by atoms with Crippen LogP contribution >= 0.6 is 0 Å². The lowest BCUT2D eigenvalue weighted by Crippen LogP contribution is -2.37. The summed E-state index contributed by atoms with van der Waals surface area (Å²) in [5.41, 5.74) is 5.66. The third-order valence-electron chi connectivity index (χ3n) is 3.54. The van der Waals surface area contributed by atoms with Crippen molar-refractivity contribution in [3.05, 3.63) is 6.20 Å². The molecule has 2 heterocycles. The van der Waals surface area contributed by atoms with Gasteiger partial charge in [-0.1, -0.05) is 6.42 Å². The van der Waals surface area contributed by atoms with E-state index in [0.717, 1.165) is 19.6 Å². The van der Waals surface area contributed by atoms with Gasteiger partial charge in [0.15, 0.2) is 5.82 Å². The Morgan fingerprint density at radius 1 is 1.35 bits per heavy atom. The maximum atomic E-state index is 12.2. The minimum absolute atomic E-state index is 0.0531. The van der Waals surface area contributed by atoms with Crippen molar-refractivity contribution >= 4 is 15.8 Å². The summed E-state index contributed by atoms with van der Waals surface area (Å²) in [5.74, 6) is 0.0531.